The quantitative estimate of drug-likeness (QED) is 0.808. The Hall–Kier alpha value is -2.34. The van der Waals surface area contributed by atoms with Gasteiger partial charge in [-0.2, -0.15) is 0 Å². The first-order valence-corrected chi connectivity index (χ1v) is 8.45. The van der Waals surface area contributed by atoms with Crippen LogP contribution >= 0.6 is 11.3 Å². The number of anilines is 2. The lowest BCUT2D eigenvalue weighted by Gasteiger charge is -2.11. The Labute approximate surface area is 146 Å². The number of thiophene rings is 1. The van der Waals surface area contributed by atoms with Crippen LogP contribution in [-0.2, 0) is 9.53 Å². The molecule has 0 atom stereocenters. The lowest BCUT2D eigenvalue weighted by atomic mass is 10.1. The van der Waals surface area contributed by atoms with Gasteiger partial charge >= 0.3 is 5.97 Å². The zero-order chi connectivity index (χ0) is 17.9. The molecule has 0 aliphatic carbocycles. The normalized spacial score (nSPS) is 10.4. The predicted molar refractivity (Wildman–Crippen MR) is 98.2 cm³/mol. The number of rotatable bonds is 5. The minimum atomic E-state index is -0.436. The van der Waals surface area contributed by atoms with Crippen molar-refractivity contribution in [1.29, 1.82) is 0 Å². The highest BCUT2D eigenvalue weighted by molar-refractivity contribution is 7.16. The first kappa shape index (κ1) is 18.0. The van der Waals surface area contributed by atoms with E-state index in [0.717, 1.165) is 27.3 Å². The lowest BCUT2D eigenvalue weighted by Crippen LogP contribution is -2.22. The van der Waals surface area contributed by atoms with Gasteiger partial charge in [0.25, 0.3) is 0 Å². The fourth-order valence-corrected chi connectivity index (χ4v) is 3.42. The largest absolute Gasteiger partial charge is 0.465 e. The van der Waals surface area contributed by atoms with Crippen molar-refractivity contribution in [3.8, 4) is 0 Å². The molecule has 0 saturated carbocycles. The Morgan fingerprint density at radius 3 is 2.50 bits per heavy atom. The van der Waals surface area contributed by atoms with E-state index >= 15 is 0 Å². The van der Waals surface area contributed by atoms with Crippen LogP contribution in [0.3, 0.4) is 0 Å². The van der Waals surface area contributed by atoms with E-state index in [1.807, 2.05) is 45.9 Å². The van der Waals surface area contributed by atoms with Crippen molar-refractivity contribution >= 4 is 33.9 Å². The van der Waals surface area contributed by atoms with Gasteiger partial charge in [0.15, 0.2) is 0 Å². The SMILES string of the molecule is COC(=O)c1c(NC(=O)CNc2cccc(C)c2C)sc(C)c1C. The van der Waals surface area contributed by atoms with Crippen molar-refractivity contribution in [3.63, 3.8) is 0 Å². The number of carbonyl (C=O) groups excluding carboxylic acids is 2. The second kappa shape index (κ2) is 7.49. The van der Waals surface area contributed by atoms with Crippen LogP contribution in [0.25, 0.3) is 0 Å². The summed E-state index contributed by atoms with van der Waals surface area (Å²) in [6, 6.07) is 5.92. The standard InChI is InChI=1S/C18H22N2O3S/c1-10-7-6-8-14(11(10)2)19-9-15(21)20-17-16(18(22)23-5)12(3)13(4)24-17/h6-8,19H,9H2,1-5H3,(H,20,21). The Kier molecular flexibility index (Phi) is 5.62. The van der Waals surface area contributed by atoms with Gasteiger partial charge in [-0.05, 0) is 50.5 Å². The first-order chi connectivity index (χ1) is 11.3. The highest BCUT2D eigenvalue weighted by Gasteiger charge is 2.21. The molecule has 0 radical (unpaired) electrons. The van der Waals surface area contributed by atoms with Gasteiger partial charge in [0.2, 0.25) is 5.91 Å². The van der Waals surface area contributed by atoms with Crippen LogP contribution in [0.5, 0.6) is 0 Å². The van der Waals surface area contributed by atoms with E-state index in [1.54, 1.807) is 0 Å². The van der Waals surface area contributed by atoms with Crippen LogP contribution in [0.15, 0.2) is 18.2 Å². The highest BCUT2D eigenvalue weighted by Crippen LogP contribution is 2.32. The number of amides is 1. The number of benzene rings is 1. The average molecular weight is 346 g/mol. The maximum absolute atomic E-state index is 12.2. The molecule has 1 amide bonds. The molecule has 24 heavy (non-hydrogen) atoms. The number of hydrogen-bond donors (Lipinski definition) is 2. The molecule has 5 nitrogen and oxygen atoms in total. The number of carbonyl (C=O) groups is 2. The molecule has 1 aromatic heterocycles. The molecule has 0 aliphatic heterocycles. The first-order valence-electron chi connectivity index (χ1n) is 7.63. The maximum Gasteiger partial charge on any atom is 0.341 e. The third kappa shape index (κ3) is 3.76. The molecule has 0 unspecified atom stereocenters. The second-order valence-electron chi connectivity index (χ2n) is 5.63. The molecular formula is C18H22N2O3S. The molecule has 128 valence electrons. The van der Waals surface area contributed by atoms with E-state index in [-0.39, 0.29) is 12.5 Å². The summed E-state index contributed by atoms with van der Waals surface area (Å²) >= 11 is 1.38. The topological polar surface area (TPSA) is 67.4 Å². The second-order valence-corrected chi connectivity index (χ2v) is 6.85. The molecular weight excluding hydrogens is 324 g/mol. The zero-order valence-corrected chi connectivity index (χ0v) is 15.4. The molecule has 2 rings (SSSR count). The zero-order valence-electron chi connectivity index (χ0n) is 14.6. The monoisotopic (exact) mass is 346 g/mol. The lowest BCUT2D eigenvalue weighted by molar-refractivity contribution is -0.114. The maximum atomic E-state index is 12.2. The molecule has 0 fully saturated rings. The molecule has 1 heterocycles. The number of methoxy groups -OCH3 is 1. The van der Waals surface area contributed by atoms with Crippen molar-refractivity contribution in [2.45, 2.75) is 27.7 Å². The van der Waals surface area contributed by atoms with E-state index in [0.29, 0.717) is 10.6 Å². The Morgan fingerprint density at radius 2 is 1.83 bits per heavy atom. The molecule has 0 bridgehead atoms. The summed E-state index contributed by atoms with van der Waals surface area (Å²) in [5.41, 5.74) is 4.47. The minimum absolute atomic E-state index is 0.126. The number of hydrogen-bond acceptors (Lipinski definition) is 5. The van der Waals surface area contributed by atoms with Crippen LogP contribution in [0, 0.1) is 27.7 Å². The van der Waals surface area contributed by atoms with E-state index in [2.05, 4.69) is 10.6 Å². The number of esters is 1. The highest BCUT2D eigenvalue weighted by atomic mass is 32.1. The molecule has 0 aliphatic rings. The molecule has 0 saturated heterocycles. The molecule has 2 N–H and O–H groups in total. The van der Waals surface area contributed by atoms with Gasteiger partial charge in [-0.3, -0.25) is 4.79 Å². The van der Waals surface area contributed by atoms with Gasteiger partial charge in [-0.25, -0.2) is 4.79 Å². The van der Waals surface area contributed by atoms with Crippen molar-refractivity contribution in [3.05, 3.63) is 45.3 Å². The average Bonchev–Trinajstić information content (AvgIpc) is 2.82. The summed E-state index contributed by atoms with van der Waals surface area (Å²) in [6.45, 7) is 7.93. The van der Waals surface area contributed by atoms with Gasteiger partial charge < -0.3 is 15.4 Å². The third-order valence-corrected chi connectivity index (χ3v) is 5.19. The van der Waals surface area contributed by atoms with Gasteiger partial charge in [0.1, 0.15) is 5.00 Å². The fraction of sp³-hybridized carbons (Fsp3) is 0.333. The Bertz CT molecular complexity index is 781. The van der Waals surface area contributed by atoms with Gasteiger partial charge in [0, 0.05) is 10.6 Å². The van der Waals surface area contributed by atoms with E-state index in [9.17, 15) is 9.59 Å². The van der Waals surface area contributed by atoms with Crippen molar-refractivity contribution in [2.24, 2.45) is 0 Å². The van der Waals surface area contributed by atoms with E-state index in [4.69, 9.17) is 4.74 Å². The van der Waals surface area contributed by atoms with E-state index < -0.39 is 5.97 Å². The van der Waals surface area contributed by atoms with Gasteiger partial charge in [-0.15, -0.1) is 11.3 Å². The Morgan fingerprint density at radius 1 is 1.12 bits per heavy atom. The van der Waals surface area contributed by atoms with Crippen molar-refractivity contribution < 1.29 is 14.3 Å². The van der Waals surface area contributed by atoms with Crippen LogP contribution in [0.2, 0.25) is 0 Å². The van der Waals surface area contributed by atoms with Crippen LogP contribution in [-0.4, -0.2) is 25.5 Å². The summed E-state index contributed by atoms with van der Waals surface area (Å²) in [6.07, 6.45) is 0. The molecule has 2 aromatic rings. The van der Waals surface area contributed by atoms with Crippen molar-refractivity contribution in [1.82, 2.24) is 0 Å². The molecule has 6 heteroatoms. The third-order valence-electron chi connectivity index (χ3n) is 4.07. The number of ether oxygens (including phenoxy) is 1. The van der Waals surface area contributed by atoms with Crippen molar-refractivity contribution in [2.75, 3.05) is 24.3 Å². The summed E-state index contributed by atoms with van der Waals surface area (Å²) in [4.78, 5) is 25.2. The number of nitrogens with one attached hydrogen (secondary N) is 2. The summed E-state index contributed by atoms with van der Waals surface area (Å²) < 4.78 is 4.81. The summed E-state index contributed by atoms with van der Waals surface area (Å²) in [7, 11) is 1.34. The smallest absolute Gasteiger partial charge is 0.341 e. The number of aryl methyl sites for hydroxylation is 2. The molecule has 0 spiro atoms. The van der Waals surface area contributed by atoms with E-state index in [1.165, 1.54) is 18.4 Å². The fourth-order valence-electron chi connectivity index (χ4n) is 2.35. The van der Waals surface area contributed by atoms with Crippen LogP contribution in [0.1, 0.15) is 31.9 Å². The van der Waals surface area contributed by atoms with Crippen LogP contribution in [0.4, 0.5) is 10.7 Å². The summed E-state index contributed by atoms with van der Waals surface area (Å²) in [5.74, 6) is -0.642. The van der Waals surface area contributed by atoms with Crippen LogP contribution < -0.4 is 10.6 Å². The summed E-state index contributed by atoms with van der Waals surface area (Å²) in [5, 5.41) is 6.47. The Balaban J connectivity index is 2.09. The van der Waals surface area contributed by atoms with Gasteiger partial charge in [0.05, 0.1) is 19.2 Å². The minimum Gasteiger partial charge on any atom is -0.465 e. The van der Waals surface area contributed by atoms with Gasteiger partial charge in [-0.1, -0.05) is 12.1 Å². The molecule has 1 aromatic carbocycles. The predicted octanol–water partition coefficient (Wildman–Crippen LogP) is 3.82.